The lowest BCUT2D eigenvalue weighted by Crippen LogP contribution is -2.48. The van der Waals surface area contributed by atoms with Crippen LogP contribution in [0.4, 0.5) is 0 Å². The average Bonchev–Trinajstić information content (AvgIpc) is 3.10. The van der Waals surface area contributed by atoms with Crippen LogP contribution in [0.15, 0.2) is 0 Å². The maximum absolute atomic E-state index is 13.9. The lowest BCUT2D eigenvalue weighted by Gasteiger charge is -2.44. The molecular weight excluding hydrogens is 636 g/mol. The summed E-state index contributed by atoms with van der Waals surface area (Å²) in [7, 11) is 1.56. The van der Waals surface area contributed by atoms with E-state index < -0.39 is 17.8 Å². The summed E-state index contributed by atoms with van der Waals surface area (Å²) in [5.41, 5.74) is 0.262. The van der Waals surface area contributed by atoms with Crippen molar-refractivity contribution in [3.05, 3.63) is 0 Å². The number of nitrogens with one attached hydrogen (secondary N) is 2. The Bertz CT molecular complexity index is 1110. The van der Waals surface area contributed by atoms with E-state index in [0.29, 0.717) is 31.3 Å². The molecule has 0 radical (unpaired) electrons. The van der Waals surface area contributed by atoms with Crippen molar-refractivity contribution in [3.8, 4) is 0 Å². The van der Waals surface area contributed by atoms with Crippen LogP contribution in [0.5, 0.6) is 0 Å². The first-order chi connectivity index (χ1) is 23.9. The molecule has 0 aromatic heterocycles. The molecule has 9 unspecified atom stereocenters. The summed E-state index contributed by atoms with van der Waals surface area (Å²) in [6.07, 6.45) is 16.6. The molecule has 5 aliphatic rings. The molecule has 10 heteroatoms. The van der Waals surface area contributed by atoms with Gasteiger partial charge in [0.2, 0.25) is 11.8 Å². The summed E-state index contributed by atoms with van der Waals surface area (Å²) < 4.78 is 13.7. The van der Waals surface area contributed by atoms with Crippen molar-refractivity contribution in [3.63, 3.8) is 0 Å². The van der Waals surface area contributed by atoms with E-state index in [1.807, 2.05) is 0 Å². The van der Waals surface area contributed by atoms with Crippen LogP contribution in [-0.2, 0) is 28.7 Å². The Morgan fingerprint density at radius 3 is 1.88 bits per heavy atom. The van der Waals surface area contributed by atoms with Gasteiger partial charge in [0.25, 0.3) is 0 Å². The minimum Gasteiger partial charge on any atom is -0.481 e. The zero-order valence-corrected chi connectivity index (χ0v) is 31.6. The van der Waals surface area contributed by atoms with E-state index >= 15 is 0 Å². The third-order valence-corrected chi connectivity index (χ3v) is 13.8. The number of carbonyl (C=O) groups is 3. The Labute approximate surface area is 300 Å². The Morgan fingerprint density at radius 2 is 1.28 bits per heavy atom. The minimum atomic E-state index is -0.909. The number of hydrogen-bond donors (Lipinski definition) is 4. The van der Waals surface area contributed by atoms with Crippen molar-refractivity contribution in [2.75, 3.05) is 13.7 Å². The fourth-order valence-corrected chi connectivity index (χ4v) is 10.4. The van der Waals surface area contributed by atoms with Crippen LogP contribution >= 0.6 is 0 Å². The van der Waals surface area contributed by atoms with Gasteiger partial charge in [-0.2, -0.15) is 0 Å². The second-order valence-electron chi connectivity index (χ2n) is 18.1. The van der Waals surface area contributed by atoms with Gasteiger partial charge in [-0.15, -0.1) is 0 Å². The van der Waals surface area contributed by atoms with E-state index in [9.17, 15) is 24.7 Å². The Morgan fingerprint density at radius 1 is 0.680 bits per heavy atom. The lowest BCUT2D eigenvalue weighted by molar-refractivity contribution is -0.255. The van der Waals surface area contributed by atoms with Gasteiger partial charge in [-0.1, -0.05) is 27.7 Å². The molecule has 5 fully saturated rings. The fourth-order valence-electron chi connectivity index (χ4n) is 10.4. The van der Waals surface area contributed by atoms with Gasteiger partial charge in [0.15, 0.2) is 0 Å². The topological polar surface area (TPSA) is 143 Å². The van der Waals surface area contributed by atoms with Gasteiger partial charge in [0.05, 0.1) is 42.9 Å². The summed E-state index contributed by atoms with van der Waals surface area (Å²) in [5.74, 6) is -0.812. The molecule has 0 bridgehead atoms. The molecule has 5 rings (SSSR count). The van der Waals surface area contributed by atoms with E-state index in [-0.39, 0.29) is 71.9 Å². The number of hydrogen-bond acceptors (Lipinski definition) is 7. The van der Waals surface area contributed by atoms with Gasteiger partial charge in [-0.3, -0.25) is 19.6 Å². The van der Waals surface area contributed by atoms with Crippen molar-refractivity contribution in [2.24, 2.45) is 52.8 Å². The largest absolute Gasteiger partial charge is 0.481 e. The smallest absolute Gasteiger partial charge is 0.307 e. The fraction of sp³-hybridized carbons (Fsp3) is 0.925. The summed E-state index contributed by atoms with van der Waals surface area (Å²) in [6.45, 7) is 9.55. The first-order valence-electron chi connectivity index (χ1n) is 20.2. The predicted molar refractivity (Wildman–Crippen MR) is 191 cm³/mol. The van der Waals surface area contributed by atoms with Crippen LogP contribution in [0.25, 0.3) is 0 Å². The van der Waals surface area contributed by atoms with Crippen LogP contribution in [-0.4, -0.2) is 72.3 Å². The number of amides is 2. The number of rotatable bonds is 11. The maximum atomic E-state index is 13.9. The zero-order chi connectivity index (χ0) is 36.0. The van der Waals surface area contributed by atoms with Gasteiger partial charge in [0.1, 0.15) is 0 Å². The van der Waals surface area contributed by atoms with E-state index in [2.05, 4.69) is 43.2 Å². The van der Waals surface area contributed by atoms with Crippen LogP contribution in [0.3, 0.4) is 0 Å². The molecule has 0 saturated heterocycles. The molecular formula is C40H68N2O8. The summed E-state index contributed by atoms with van der Waals surface area (Å²) in [6, 6.07) is 0.0926. The summed E-state index contributed by atoms with van der Waals surface area (Å²) in [5, 5.41) is 25.1. The number of ether oxygens (including phenoxy) is 2. The van der Waals surface area contributed by atoms with Crippen LogP contribution in [0.1, 0.15) is 137 Å². The Kier molecular flexibility index (Phi) is 14.1. The molecule has 0 spiro atoms. The highest BCUT2D eigenvalue weighted by atomic mass is 17.1. The second kappa shape index (κ2) is 17.8. The molecule has 0 aromatic carbocycles. The lowest BCUT2D eigenvalue weighted by atomic mass is 9.63. The van der Waals surface area contributed by atoms with E-state index in [1.54, 1.807) is 7.05 Å². The maximum Gasteiger partial charge on any atom is 0.307 e. The van der Waals surface area contributed by atoms with Crippen molar-refractivity contribution in [1.29, 1.82) is 0 Å². The van der Waals surface area contributed by atoms with E-state index in [4.69, 9.17) is 9.47 Å². The first-order valence-corrected chi connectivity index (χ1v) is 20.2. The number of carboxylic acid groups (broad SMARTS) is 1. The van der Waals surface area contributed by atoms with Crippen LogP contribution < -0.4 is 10.6 Å². The quantitative estimate of drug-likeness (QED) is 0.133. The van der Waals surface area contributed by atoms with Gasteiger partial charge in [-0.25, -0.2) is 4.89 Å². The molecule has 5 aliphatic carbocycles. The highest BCUT2D eigenvalue weighted by molar-refractivity contribution is 5.84. The highest BCUT2D eigenvalue weighted by Crippen LogP contribution is 2.46. The summed E-state index contributed by atoms with van der Waals surface area (Å²) >= 11 is 0. The molecule has 50 heavy (non-hydrogen) atoms. The van der Waals surface area contributed by atoms with Gasteiger partial charge in [0, 0.05) is 19.0 Å². The molecule has 286 valence electrons. The first kappa shape index (κ1) is 39.5. The summed E-state index contributed by atoms with van der Waals surface area (Å²) in [4.78, 5) is 43.0. The van der Waals surface area contributed by atoms with Crippen molar-refractivity contribution < 1.29 is 39.1 Å². The van der Waals surface area contributed by atoms with Crippen molar-refractivity contribution in [2.45, 2.75) is 167 Å². The standard InChI is InChI=1S/C40H68N2O8/c1-24-6-14-30(15-7-24)50-36-22-28(40(2,3)4)11-19-35(36)49-31-16-12-29(13-17-31)42-38(44)33-20-25(8-9-27(33)23-48-47)26-10-18-32(39(45)46)34(21-26)37(43)41-5/h24-36,47H,6-23H2,1-5H3,(H,41,43)(H,42,44)(H,45,46). The van der Waals surface area contributed by atoms with Crippen molar-refractivity contribution in [1.82, 2.24) is 10.6 Å². The monoisotopic (exact) mass is 704 g/mol. The number of aliphatic carboxylic acids is 1. The van der Waals surface area contributed by atoms with E-state index in [0.717, 1.165) is 76.5 Å². The second-order valence-corrected chi connectivity index (χ2v) is 18.1. The highest BCUT2D eigenvalue weighted by Gasteiger charge is 2.45. The third kappa shape index (κ3) is 10.2. The van der Waals surface area contributed by atoms with Crippen LogP contribution in [0.2, 0.25) is 0 Å². The molecule has 10 nitrogen and oxygen atoms in total. The minimum absolute atomic E-state index is 0.0268. The van der Waals surface area contributed by atoms with Gasteiger partial charge >= 0.3 is 5.97 Å². The third-order valence-electron chi connectivity index (χ3n) is 13.8. The molecule has 2 amide bonds. The van der Waals surface area contributed by atoms with Gasteiger partial charge in [-0.05, 0) is 144 Å². The number of carbonyl (C=O) groups excluding carboxylic acids is 2. The SMILES string of the molecule is CNC(=O)C1CC(C2CCC(COO)C(C(=O)NC3CCC(OC4CCC(C(C)(C)C)CC4OC4CCC(C)CC4)CC3)C2)CCC1C(=O)O. The molecule has 4 N–H and O–H groups in total. The molecule has 5 saturated carbocycles. The van der Waals surface area contributed by atoms with Gasteiger partial charge < -0.3 is 25.2 Å². The predicted octanol–water partition coefficient (Wildman–Crippen LogP) is 6.99. The van der Waals surface area contributed by atoms with Crippen molar-refractivity contribution >= 4 is 17.8 Å². The molecule has 0 aromatic rings. The average molecular weight is 705 g/mol. The van der Waals surface area contributed by atoms with Crippen LogP contribution in [0, 0.1) is 52.8 Å². The molecule has 0 heterocycles. The molecule has 9 atom stereocenters. The Hall–Kier alpha value is -1.75. The normalized spacial score (nSPS) is 40.1. The number of carboxylic acids is 1. The van der Waals surface area contributed by atoms with E-state index in [1.165, 1.54) is 19.3 Å². The molecule has 0 aliphatic heterocycles. The Balaban J connectivity index is 1.14. The zero-order valence-electron chi connectivity index (χ0n) is 31.6.